The summed E-state index contributed by atoms with van der Waals surface area (Å²) < 4.78 is 14.0. The number of rotatable bonds is 10. The summed E-state index contributed by atoms with van der Waals surface area (Å²) in [6, 6.07) is 30.0. The van der Waals surface area contributed by atoms with E-state index in [-0.39, 0.29) is 12.2 Å². The van der Waals surface area contributed by atoms with Gasteiger partial charge in [0.15, 0.2) is 0 Å². The number of hydrogen-bond donors (Lipinski definition) is 2. The summed E-state index contributed by atoms with van der Waals surface area (Å²) in [7, 11) is 0. The molecule has 0 radical (unpaired) electrons. The van der Waals surface area contributed by atoms with E-state index in [1.165, 1.54) is 107 Å². The van der Waals surface area contributed by atoms with Gasteiger partial charge in [0.25, 0.3) is 0 Å². The zero-order valence-corrected chi connectivity index (χ0v) is 39.8. The molecular weight excluding hydrogens is 797 g/mol. The highest BCUT2D eigenvalue weighted by molar-refractivity contribution is 5.90. The van der Waals surface area contributed by atoms with Crippen LogP contribution in [0.25, 0.3) is 44.5 Å². The van der Waals surface area contributed by atoms with Gasteiger partial charge in [-0.25, -0.2) is 0 Å². The van der Waals surface area contributed by atoms with Gasteiger partial charge in [0.05, 0.1) is 0 Å². The molecular formula is C61H68O4. The average molecular weight is 865 g/mol. The molecule has 0 fully saturated rings. The highest BCUT2D eigenvalue weighted by atomic mass is 16.5. The first-order chi connectivity index (χ1) is 31.5. The fraction of sp³-hybridized carbons (Fsp3) is 0.410. The molecule has 4 aliphatic rings. The second kappa shape index (κ2) is 17.7. The van der Waals surface area contributed by atoms with Crippen LogP contribution in [0.2, 0.25) is 0 Å². The van der Waals surface area contributed by atoms with Crippen LogP contribution in [0, 0.1) is 19.3 Å². The van der Waals surface area contributed by atoms with Crippen LogP contribution in [0.4, 0.5) is 0 Å². The Hall–Kier alpha value is -5.48. The molecule has 0 saturated carbocycles. The van der Waals surface area contributed by atoms with Crippen molar-refractivity contribution in [1.82, 2.24) is 0 Å². The molecule has 1 unspecified atom stereocenters. The van der Waals surface area contributed by atoms with Crippen LogP contribution in [0.3, 0.4) is 0 Å². The number of benzene rings is 6. The molecule has 336 valence electrons. The van der Waals surface area contributed by atoms with E-state index in [0.717, 1.165) is 107 Å². The second-order valence-corrected chi connectivity index (χ2v) is 20.6. The molecule has 0 saturated heterocycles. The normalized spacial score (nSPS) is 16.7. The maximum atomic E-state index is 12.4. The first-order valence-electron chi connectivity index (χ1n) is 25.0. The number of ether oxygens (including phenoxy) is 2. The second-order valence-electron chi connectivity index (χ2n) is 20.6. The van der Waals surface area contributed by atoms with Gasteiger partial charge in [-0.1, -0.05) is 62.4 Å². The number of phenolic OH excluding ortho intramolecular Hbond substituents is 2. The molecule has 2 atom stereocenters. The molecule has 0 aromatic heterocycles. The van der Waals surface area contributed by atoms with Gasteiger partial charge in [-0.15, -0.1) is 0 Å². The fourth-order valence-corrected chi connectivity index (χ4v) is 11.9. The van der Waals surface area contributed by atoms with Gasteiger partial charge in [0, 0.05) is 38.8 Å². The van der Waals surface area contributed by atoms with Crippen molar-refractivity contribution < 1.29 is 19.7 Å². The number of aromatic hydroxyl groups is 2. The van der Waals surface area contributed by atoms with Crippen LogP contribution in [-0.2, 0) is 51.4 Å². The molecule has 6 aromatic carbocycles. The highest BCUT2D eigenvalue weighted by Crippen LogP contribution is 2.50. The van der Waals surface area contributed by atoms with E-state index in [2.05, 4.69) is 90.1 Å². The van der Waals surface area contributed by atoms with Gasteiger partial charge in [-0.3, -0.25) is 0 Å². The third-order valence-corrected chi connectivity index (χ3v) is 16.1. The number of hydrogen-bond acceptors (Lipinski definition) is 4. The smallest absolute Gasteiger partial charge is 0.131 e. The van der Waals surface area contributed by atoms with E-state index >= 15 is 0 Å². The van der Waals surface area contributed by atoms with Crippen LogP contribution in [-0.4, -0.2) is 22.4 Å². The summed E-state index contributed by atoms with van der Waals surface area (Å²) in [6.07, 6.45) is 18.0. The molecule has 0 amide bonds. The lowest BCUT2D eigenvalue weighted by atomic mass is 9.76. The van der Waals surface area contributed by atoms with Crippen molar-refractivity contribution in [2.45, 2.75) is 156 Å². The van der Waals surface area contributed by atoms with Crippen LogP contribution >= 0.6 is 0 Å². The molecule has 4 heteroatoms. The molecule has 0 aliphatic heterocycles. The molecule has 0 heterocycles. The Kier molecular flexibility index (Phi) is 11.8. The molecule has 65 heavy (non-hydrogen) atoms. The van der Waals surface area contributed by atoms with Gasteiger partial charge in [-0.2, -0.15) is 0 Å². The van der Waals surface area contributed by atoms with Gasteiger partial charge in [0.1, 0.15) is 35.2 Å². The summed E-state index contributed by atoms with van der Waals surface area (Å²) in [4.78, 5) is 0. The third-order valence-electron chi connectivity index (χ3n) is 16.1. The minimum absolute atomic E-state index is 0.264. The number of fused-ring (bicyclic) bond motifs is 4. The van der Waals surface area contributed by atoms with Crippen LogP contribution in [0.1, 0.15) is 135 Å². The first kappa shape index (κ1) is 43.4. The zero-order chi connectivity index (χ0) is 45.0. The Bertz CT molecular complexity index is 2530. The van der Waals surface area contributed by atoms with E-state index < -0.39 is 5.41 Å². The van der Waals surface area contributed by atoms with Gasteiger partial charge in [0.2, 0.25) is 0 Å². The van der Waals surface area contributed by atoms with E-state index in [1.54, 1.807) is 0 Å². The van der Waals surface area contributed by atoms with Crippen molar-refractivity contribution in [3.63, 3.8) is 0 Å². The fourth-order valence-electron chi connectivity index (χ4n) is 11.9. The third kappa shape index (κ3) is 8.04. The van der Waals surface area contributed by atoms with E-state index in [4.69, 9.17) is 9.47 Å². The Labute approximate surface area is 388 Å². The molecule has 0 bridgehead atoms. The Morgan fingerprint density at radius 1 is 0.415 bits per heavy atom. The summed E-state index contributed by atoms with van der Waals surface area (Å²) in [5, 5.41) is 24.9. The topological polar surface area (TPSA) is 58.9 Å². The summed E-state index contributed by atoms with van der Waals surface area (Å²) in [5.41, 5.74) is 21.5. The minimum Gasteiger partial charge on any atom is -0.507 e. The molecule has 4 nitrogen and oxygen atoms in total. The van der Waals surface area contributed by atoms with E-state index in [0.29, 0.717) is 11.5 Å². The number of para-hydroxylation sites is 2. The molecule has 4 aliphatic carbocycles. The molecule has 6 aromatic rings. The van der Waals surface area contributed by atoms with E-state index in [1.807, 2.05) is 36.4 Å². The quantitative estimate of drug-likeness (QED) is 0.144. The Morgan fingerprint density at radius 2 is 0.723 bits per heavy atom. The van der Waals surface area contributed by atoms with Crippen LogP contribution in [0.15, 0.2) is 84.9 Å². The van der Waals surface area contributed by atoms with Gasteiger partial charge < -0.3 is 19.7 Å². The van der Waals surface area contributed by atoms with E-state index in [9.17, 15) is 10.2 Å². The highest BCUT2D eigenvalue weighted by Gasteiger charge is 2.37. The van der Waals surface area contributed by atoms with Crippen molar-refractivity contribution in [1.29, 1.82) is 0 Å². The molecule has 10 rings (SSSR count). The lowest BCUT2D eigenvalue weighted by Gasteiger charge is -2.38. The van der Waals surface area contributed by atoms with Crippen molar-refractivity contribution in [2.24, 2.45) is 5.41 Å². The first-order valence-corrected chi connectivity index (χ1v) is 25.0. The van der Waals surface area contributed by atoms with Gasteiger partial charge >= 0.3 is 0 Å². The summed E-state index contributed by atoms with van der Waals surface area (Å²) in [5.74, 6) is 2.17. The number of phenols is 2. The van der Waals surface area contributed by atoms with Crippen molar-refractivity contribution >= 4 is 0 Å². The Morgan fingerprint density at radius 3 is 1.08 bits per heavy atom. The monoisotopic (exact) mass is 865 g/mol. The molecule has 0 spiro atoms. The lowest BCUT2D eigenvalue weighted by Crippen LogP contribution is -2.43. The largest absolute Gasteiger partial charge is 0.507 e. The standard InChI is InChI=1S/C61H68O4/c1-37-31-51(59(62)53(33-37)57-45-23-11-7-19-41(45)35-42-20-8-12-24-46(42)57)49-27-15-17-29-55(49)64-39(3)61(5,6)40(4)65-56-30-18-16-28-50(56)52-32-38(2)34-54(60(52)63)58-47-25-13-9-21-43(47)36-44-22-10-14-26-48(44)58/h15-18,27-36,39-40,62-63H,7-14,19-26H2,1-6H3/t39-,40?/m1/s1. The Balaban J connectivity index is 0.955. The van der Waals surface area contributed by atoms with Crippen LogP contribution in [0.5, 0.6) is 23.0 Å². The van der Waals surface area contributed by atoms with Crippen molar-refractivity contribution in [2.75, 3.05) is 0 Å². The zero-order valence-electron chi connectivity index (χ0n) is 39.8. The molecule has 2 N–H and O–H groups in total. The van der Waals surface area contributed by atoms with Crippen LogP contribution < -0.4 is 9.47 Å². The summed E-state index contributed by atoms with van der Waals surface area (Å²) in [6.45, 7) is 13.0. The van der Waals surface area contributed by atoms with Crippen molar-refractivity contribution in [3.05, 3.63) is 141 Å². The predicted octanol–water partition coefficient (Wildman–Crippen LogP) is 15.2. The van der Waals surface area contributed by atoms with Crippen molar-refractivity contribution in [3.8, 4) is 67.5 Å². The lowest BCUT2D eigenvalue weighted by molar-refractivity contribution is -0.00280. The minimum atomic E-state index is -0.454. The summed E-state index contributed by atoms with van der Waals surface area (Å²) >= 11 is 0. The maximum absolute atomic E-state index is 12.4. The van der Waals surface area contributed by atoms with Gasteiger partial charge in [-0.05, 0) is 234 Å². The predicted molar refractivity (Wildman–Crippen MR) is 268 cm³/mol. The maximum Gasteiger partial charge on any atom is 0.131 e. The number of aryl methyl sites for hydroxylation is 6. The average Bonchev–Trinajstić information content (AvgIpc) is 3.31. The SMILES string of the molecule is Cc1cc(-c2ccccc2OC(C)C(C)(C)[C@@H](C)Oc2ccccc2-c2cc(C)cc(-c3c4c(cc5c3CCCC5)CCCC4)c2O)c(O)c(-c2c3c(cc4c2CCCC4)CCCC3)c1.